The first-order chi connectivity index (χ1) is 14.7. The summed E-state index contributed by atoms with van der Waals surface area (Å²) in [7, 11) is 0. The van der Waals surface area contributed by atoms with Gasteiger partial charge in [0, 0.05) is 37.4 Å². The quantitative estimate of drug-likeness (QED) is 0.495. The topological polar surface area (TPSA) is 62.5 Å². The van der Waals surface area contributed by atoms with Crippen LogP contribution in [0.5, 0.6) is 0 Å². The van der Waals surface area contributed by atoms with Gasteiger partial charge in [0.05, 0.1) is 5.69 Å². The van der Waals surface area contributed by atoms with Gasteiger partial charge in [0.1, 0.15) is 5.69 Å². The first-order valence-electron chi connectivity index (χ1n) is 11.6. The van der Waals surface area contributed by atoms with Crippen LogP contribution in [0.25, 0.3) is 0 Å². The minimum atomic E-state index is 0.191. The number of hydrogen-bond donors (Lipinski definition) is 1. The number of carbonyl (C=O) groups is 1. The number of fused-ring (bicyclic) bond motifs is 1. The molecule has 0 spiro atoms. The van der Waals surface area contributed by atoms with Gasteiger partial charge < -0.3 is 10.2 Å². The molecule has 2 aliphatic rings. The van der Waals surface area contributed by atoms with Crippen molar-refractivity contribution in [2.75, 3.05) is 19.6 Å². The third kappa shape index (κ3) is 5.48. The van der Waals surface area contributed by atoms with Crippen LogP contribution in [0.2, 0.25) is 0 Å². The Kier molecular flexibility index (Phi) is 8.43. The van der Waals surface area contributed by atoms with E-state index in [2.05, 4.69) is 37.0 Å². The average Bonchev–Trinajstić information content (AvgIpc) is 3.13. The Morgan fingerprint density at radius 1 is 1.33 bits per heavy atom. The SMILES string of the molecule is C=N/C=C\C(=C/C)CCNC1CCc2nn(CCC)c(C(=O)N3CCCCC3)c2C1. The number of rotatable bonds is 9. The van der Waals surface area contributed by atoms with Crippen molar-refractivity contribution in [3.63, 3.8) is 0 Å². The van der Waals surface area contributed by atoms with E-state index in [-0.39, 0.29) is 5.91 Å². The Labute approximate surface area is 181 Å². The maximum absolute atomic E-state index is 13.4. The van der Waals surface area contributed by atoms with Crippen molar-refractivity contribution in [2.24, 2.45) is 4.99 Å². The Balaban J connectivity index is 1.69. The number of carbonyl (C=O) groups excluding carboxylic acids is 1. The number of hydrogen-bond acceptors (Lipinski definition) is 4. The fourth-order valence-corrected chi connectivity index (χ4v) is 4.55. The second-order valence-electron chi connectivity index (χ2n) is 8.36. The van der Waals surface area contributed by atoms with Crippen LogP contribution in [0.3, 0.4) is 0 Å². The van der Waals surface area contributed by atoms with Gasteiger partial charge >= 0.3 is 0 Å². The molecule has 3 rings (SSSR count). The van der Waals surface area contributed by atoms with Gasteiger partial charge in [0.2, 0.25) is 0 Å². The highest BCUT2D eigenvalue weighted by Crippen LogP contribution is 2.27. The van der Waals surface area contributed by atoms with Gasteiger partial charge in [-0.05, 0) is 83.2 Å². The number of piperidine rings is 1. The summed E-state index contributed by atoms with van der Waals surface area (Å²) in [4.78, 5) is 19.2. The Morgan fingerprint density at radius 3 is 2.83 bits per heavy atom. The molecule has 0 bridgehead atoms. The standard InChI is InChI=1S/C24H37N5O/c1-4-15-29-23(24(30)28-16-7-6-8-17-28)21-18-20(9-10-22(21)27-29)26-14-12-19(5-2)11-13-25-3/h5,11,13,20,26H,3-4,6-10,12,14-18H2,1-2H3/b13-11-,19-5+. The van der Waals surface area contributed by atoms with Crippen molar-refractivity contribution in [2.45, 2.75) is 77.8 Å². The first-order valence-corrected chi connectivity index (χ1v) is 11.6. The Bertz CT molecular complexity index is 786. The van der Waals surface area contributed by atoms with Crippen molar-refractivity contribution in [1.82, 2.24) is 20.0 Å². The Hall–Kier alpha value is -2.21. The number of allylic oxidation sites excluding steroid dienone is 2. The van der Waals surface area contributed by atoms with E-state index in [1.165, 1.54) is 17.6 Å². The van der Waals surface area contributed by atoms with E-state index in [0.29, 0.717) is 6.04 Å². The van der Waals surface area contributed by atoms with E-state index in [1.54, 1.807) is 6.20 Å². The van der Waals surface area contributed by atoms with E-state index >= 15 is 0 Å². The van der Waals surface area contributed by atoms with Crippen LogP contribution in [0, 0.1) is 0 Å². The molecule has 1 aliphatic carbocycles. The minimum Gasteiger partial charge on any atom is -0.337 e. The van der Waals surface area contributed by atoms with E-state index in [1.807, 2.05) is 15.7 Å². The normalized spacial score (nSPS) is 19.9. The molecule has 30 heavy (non-hydrogen) atoms. The molecule has 164 valence electrons. The van der Waals surface area contributed by atoms with Gasteiger partial charge in [0.15, 0.2) is 0 Å². The zero-order chi connectivity index (χ0) is 21.3. The summed E-state index contributed by atoms with van der Waals surface area (Å²) in [5, 5.41) is 8.56. The summed E-state index contributed by atoms with van der Waals surface area (Å²) >= 11 is 0. The van der Waals surface area contributed by atoms with Gasteiger partial charge in [-0.3, -0.25) is 14.5 Å². The number of aliphatic imine (C=N–C) groups is 1. The fraction of sp³-hybridized carbons (Fsp3) is 0.625. The van der Waals surface area contributed by atoms with Crippen molar-refractivity contribution in [3.8, 4) is 0 Å². The molecule has 1 atom stereocenters. The van der Waals surface area contributed by atoms with Gasteiger partial charge in [-0.1, -0.05) is 13.0 Å². The number of aromatic nitrogens is 2. The molecule has 1 aromatic heterocycles. The fourth-order valence-electron chi connectivity index (χ4n) is 4.55. The van der Waals surface area contributed by atoms with E-state index < -0.39 is 0 Å². The van der Waals surface area contributed by atoms with Crippen molar-refractivity contribution >= 4 is 12.6 Å². The number of nitrogens with zero attached hydrogens (tertiary/aromatic N) is 4. The molecule has 2 heterocycles. The number of likely N-dealkylation sites (tertiary alicyclic amines) is 1. The predicted molar refractivity (Wildman–Crippen MR) is 123 cm³/mol. The summed E-state index contributed by atoms with van der Waals surface area (Å²) in [6.45, 7) is 11.2. The molecule has 1 N–H and O–H groups in total. The molecule has 6 nitrogen and oxygen atoms in total. The molecule has 0 aromatic carbocycles. The summed E-state index contributed by atoms with van der Waals surface area (Å²) in [5.74, 6) is 0.191. The van der Waals surface area contributed by atoms with Crippen molar-refractivity contribution in [1.29, 1.82) is 0 Å². The average molecular weight is 412 g/mol. The third-order valence-electron chi connectivity index (χ3n) is 6.21. The molecule has 1 aromatic rings. The molecular formula is C24H37N5O. The molecule has 1 aliphatic heterocycles. The lowest BCUT2D eigenvalue weighted by atomic mass is 9.91. The molecule has 1 saturated heterocycles. The van der Waals surface area contributed by atoms with E-state index in [0.717, 1.165) is 82.5 Å². The minimum absolute atomic E-state index is 0.191. The summed E-state index contributed by atoms with van der Waals surface area (Å²) in [5.41, 5.74) is 4.43. The van der Waals surface area contributed by atoms with E-state index in [4.69, 9.17) is 5.10 Å². The van der Waals surface area contributed by atoms with Crippen LogP contribution >= 0.6 is 0 Å². The second-order valence-corrected chi connectivity index (χ2v) is 8.36. The van der Waals surface area contributed by atoms with Crippen LogP contribution in [0.15, 0.2) is 28.9 Å². The summed E-state index contributed by atoms with van der Waals surface area (Å²) in [6.07, 6.45) is 14.2. The zero-order valence-electron chi connectivity index (χ0n) is 18.7. The summed E-state index contributed by atoms with van der Waals surface area (Å²) < 4.78 is 2.00. The molecule has 1 amide bonds. The van der Waals surface area contributed by atoms with Gasteiger partial charge in [0.25, 0.3) is 5.91 Å². The van der Waals surface area contributed by atoms with Gasteiger partial charge in [-0.2, -0.15) is 5.10 Å². The molecule has 1 fully saturated rings. The lowest BCUT2D eigenvalue weighted by Gasteiger charge is -2.28. The molecular weight excluding hydrogens is 374 g/mol. The van der Waals surface area contributed by atoms with Crippen LogP contribution in [-0.2, 0) is 19.4 Å². The highest BCUT2D eigenvalue weighted by atomic mass is 16.2. The molecule has 0 saturated carbocycles. The Morgan fingerprint density at radius 2 is 2.13 bits per heavy atom. The van der Waals surface area contributed by atoms with Crippen molar-refractivity contribution in [3.05, 3.63) is 40.9 Å². The lowest BCUT2D eigenvalue weighted by molar-refractivity contribution is 0.0710. The highest BCUT2D eigenvalue weighted by molar-refractivity contribution is 5.94. The van der Waals surface area contributed by atoms with Crippen LogP contribution in [0.1, 0.15) is 74.1 Å². The number of nitrogens with one attached hydrogen (secondary N) is 1. The van der Waals surface area contributed by atoms with Crippen LogP contribution in [0.4, 0.5) is 0 Å². The highest BCUT2D eigenvalue weighted by Gasteiger charge is 2.31. The monoisotopic (exact) mass is 411 g/mol. The molecule has 0 radical (unpaired) electrons. The summed E-state index contributed by atoms with van der Waals surface area (Å²) in [6, 6.07) is 0.393. The smallest absolute Gasteiger partial charge is 0.272 e. The second kappa shape index (κ2) is 11.3. The van der Waals surface area contributed by atoms with Crippen molar-refractivity contribution < 1.29 is 4.79 Å². The van der Waals surface area contributed by atoms with Gasteiger partial charge in [-0.15, -0.1) is 0 Å². The van der Waals surface area contributed by atoms with Crippen LogP contribution in [-0.4, -0.2) is 53.0 Å². The zero-order valence-corrected chi connectivity index (χ0v) is 18.7. The van der Waals surface area contributed by atoms with Gasteiger partial charge in [-0.25, -0.2) is 0 Å². The maximum atomic E-state index is 13.4. The first kappa shape index (κ1) is 22.5. The molecule has 1 unspecified atom stereocenters. The third-order valence-corrected chi connectivity index (χ3v) is 6.21. The largest absolute Gasteiger partial charge is 0.337 e. The van der Waals surface area contributed by atoms with E-state index in [9.17, 15) is 4.79 Å². The van der Waals surface area contributed by atoms with Crippen LogP contribution < -0.4 is 5.32 Å². The lowest BCUT2D eigenvalue weighted by Crippen LogP contribution is -2.39. The maximum Gasteiger partial charge on any atom is 0.272 e. The predicted octanol–water partition coefficient (Wildman–Crippen LogP) is 3.92. The number of amides is 1. The molecule has 6 heteroatoms. The number of aryl methyl sites for hydroxylation is 2.